The minimum Gasteiger partial charge on any atom is -0.384 e. The lowest BCUT2D eigenvalue weighted by atomic mass is 9.49. The first-order valence-electron chi connectivity index (χ1n) is 13.1. The van der Waals surface area contributed by atoms with Crippen LogP contribution < -0.4 is 0 Å². The Labute approximate surface area is 199 Å². The summed E-state index contributed by atoms with van der Waals surface area (Å²) in [5.74, 6) is 2.71. The van der Waals surface area contributed by atoms with E-state index in [9.17, 15) is 18.7 Å². The molecule has 4 saturated carbocycles. The highest BCUT2D eigenvalue weighted by atomic mass is 19.3. The number of carbonyl (C=O) groups excluding carboxylic acids is 1. The number of alkyl halides is 2. The third-order valence-corrected chi connectivity index (χ3v) is 10.6. The van der Waals surface area contributed by atoms with Gasteiger partial charge in [0.15, 0.2) is 5.78 Å². The standard InChI is InChI=1S/C27H35F2N3O2/c1-26-10-8-18-17-9-11-27(34,25(28)29)13-16(17)4-5-19(18)20(26)6-7-21(26)24(33)15-32-23-3-2-12-30-22(23)14-31-32/h2-3,12,14,16-21,25,34H,4-11,13,15H2,1H3/t16-,17?,18-,19-,20+,21-,26+,27-/m1/s1. The number of Topliss-reactive ketones (excluding diaryl/α,β-unsaturated/α-hetero) is 1. The van der Waals surface area contributed by atoms with Gasteiger partial charge in [-0.15, -0.1) is 0 Å². The van der Waals surface area contributed by atoms with Crippen molar-refractivity contribution in [1.82, 2.24) is 14.8 Å². The molecule has 0 radical (unpaired) electrons. The second-order valence-corrected chi connectivity index (χ2v) is 11.9. The average Bonchev–Trinajstić information content (AvgIpc) is 3.39. The molecule has 2 aromatic heterocycles. The normalized spacial score (nSPS) is 41.8. The molecule has 1 unspecified atom stereocenters. The summed E-state index contributed by atoms with van der Waals surface area (Å²) >= 11 is 0. The number of carbonyl (C=O) groups is 1. The van der Waals surface area contributed by atoms with Crippen LogP contribution in [0.4, 0.5) is 8.78 Å². The van der Waals surface area contributed by atoms with Crippen LogP contribution in [-0.4, -0.2) is 37.7 Å². The van der Waals surface area contributed by atoms with Crippen molar-refractivity contribution in [3.8, 4) is 0 Å². The Morgan fingerprint density at radius 3 is 2.79 bits per heavy atom. The van der Waals surface area contributed by atoms with E-state index >= 15 is 0 Å². The highest BCUT2D eigenvalue weighted by Crippen LogP contribution is 2.65. The average molecular weight is 472 g/mol. The lowest BCUT2D eigenvalue weighted by molar-refractivity contribution is -0.160. The van der Waals surface area contributed by atoms with Crippen molar-refractivity contribution in [3.63, 3.8) is 0 Å². The first-order valence-corrected chi connectivity index (χ1v) is 13.1. The van der Waals surface area contributed by atoms with Gasteiger partial charge in [-0.1, -0.05) is 6.92 Å². The van der Waals surface area contributed by atoms with Crippen molar-refractivity contribution < 1.29 is 18.7 Å². The van der Waals surface area contributed by atoms with Gasteiger partial charge < -0.3 is 5.11 Å². The molecule has 5 nitrogen and oxygen atoms in total. The number of halogens is 2. The zero-order valence-electron chi connectivity index (χ0n) is 19.9. The molecular weight excluding hydrogens is 436 g/mol. The topological polar surface area (TPSA) is 68.0 Å². The third-order valence-electron chi connectivity index (χ3n) is 10.6. The minimum atomic E-state index is -2.65. The lowest BCUT2D eigenvalue weighted by Crippen LogP contribution is -2.53. The van der Waals surface area contributed by atoms with E-state index in [1.165, 1.54) is 0 Å². The molecule has 0 aromatic carbocycles. The molecule has 0 saturated heterocycles. The van der Waals surface area contributed by atoms with Crippen molar-refractivity contribution in [2.45, 2.75) is 83.3 Å². The van der Waals surface area contributed by atoms with E-state index in [-0.39, 0.29) is 35.9 Å². The summed E-state index contributed by atoms with van der Waals surface area (Å²) < 4.78 is 28.7. The number of hydrogen-bond acceptors (Lipinski definition) is 4. The van der Waals surface area contributed by atoms with Crippen molar-refractivity contribution in [2.75, 3.05) is 0 Å². The summed E-state index contributed by atoms with van der Waals surface area (Å²) in [6, 6.07) is 3.84. The number of pyridine rings is 1. The van der Waals surface area contributed by atoms with Crippen LogP contribution in [-0.2, 0) is 11.3 Å². The Balaban J connectivity index is 1.18. The second-order valence-electron chi connectivity index (χ2n) is 11.9. The molecule has 6 rings (SSSR count). The third kappa shape index (κ3) is 3.36. The smallest absolute Gasteiger partial charge is 0.266 e. The molecule has 0 aliphatic heterocycles. The fourth-order valence-electron chi connectivity index (χ4n) is 8.93. The Morgan fingerprint density at radius 1 is 1.15 bits per heavy atom. The molecular formula is C27H35F2N3O2. The Morgan fingerprint density at radius 2 is 1.97 bits per heavy atom. The molecule has 7 heteroatoms. The van der Waals surface area contributed by atoms with Crippen molar-refractivity contribution in [1.29, 1.82) is 0 Å². The molecule has 2 heterocycles. The first kappa shape index (κ1) is 22.6. The van der Waals surface area contributed by atoms with Crippen LogP contribution in [0.25, 0.3) is 11.0 Å². The van der Waals surface area contributed by atoms with Gasteiger partial charge >= 0.3 is 0 Å². The number of aromatic nitrogens is 3. The van der Waals surface area contributed by atoms with Gasteiger partial charge in [-0.3, -0.25) is 14.5 Å². The molecule has 0 bridgehead atoms. The minimum absolute atomic E-state index is 0.0185. The molecule has 4 aliphatic rings. The second kappa shape index (κ2) is 8.07. The molecule has 2 aromatic rings. The number of ketones is 1. The van der Waals surface area contributed by atoms with E-state index in [0.717, 1.165) is 56.0 Å². The number of nitrogens with zero attached hydrogens (tertiary/aromatic N) is 3. The van der Waals surface area contributed by atoms with Crippen molar-refractivity contribution in [3.05, 3.63) is 24.5 Å². The molecule has 8 atom stereocenters. The summed E-state index contributed by atoms with van der Waals surface area (Å²) in [5, 5.41) is 14.9. The van der Waals surface area contributed by atoms with Gasteiger partial charge in [0.1, 0.15) is 17.7 Å². The predicted molar refractivity (Wildman–Crippen MR) is 124 cm³/mol. The van der Waals surface area contributed by atoms with Crippen LogP contribution in [0.1, 0.15) is 64.7 Å². The first-order chi connectivity index (χ1) is 16.3. The van der Waals surface area contributed by atoms with Crippen molar-refractivity contribution in [2.24, 2.45) is 40.9 Å². The molecule has 0 amide bonds. The largest absolute Gasteiger partial charge is 0.384 e. The summed E-state index contributed by atoms with van der Waals surface area (Å²) in [6.07, 6.45) is 8.19. The zero-order valence-corrected chi connectivity index (χ0v) is 19.9. The van der Waals surface area contributed by atoms with Crippen LogP contribution >= 0.6 is 0 Å². The monoisotopic (exact) mass is 471 g/mol. The summed E-state index contributed by atoms with van der Waals surface area (Å²) in [4.78, 5) is 17.9. The molecule has 0 spiro atoms. The maximum absolute atomic E-state index is 13.6. The summed E-state index contributed by atoms with van der Waals surface area (Å²) in [7, 11) is 0. The van der Waals surface area contributed by atoms with Crippen LogP contribution in [0.15, 0.2) is 24.5 Å². The zero-order chi connectivity index (χ0) is 23.7. The van der Waals surface area contributed by atoms with Crippen LogP contribution in [0, 0.1) is 40.9 Å². The van der Waals surface area contributed by atoms with E-state index in [1.807, 2.05) is 12.1 Å². The number of rotatable bonds is 4. The van der Waals surface area contributed by atoms with E-state index < -0.39 is 12.0 Å². The van der Waals surface area contributed by atoms with Gasteiger partial charge in [0.2, 0.25) is 0 Å². The molecule has 34 heavy (non-hydrogen) atoms. The van der Waals surface area contributed by atoms with Gasteiger partial charge in [-0.05, 0) is 105 Å². The fraction of sp³-hybridized carbons (Fsp3) is 0.741. The van der Waals surface area contributed by atoms with E-state index in [1.54, 1.807) is 17.1 Å². The molecule has 1 N–H and O–H groups in total. The van der Waals surface area contributed by atoms with Gasteiger partial charge in [0, 0.05) is 12.1 Å². The quantitative estimate of drug-likeness (QED) is 0.660. The van der Waals surface area contributed by atoms with E-state index in [2.05, 4.69) is 17.0 Å². The van der Waals surface area contributed by atoms with Gasteiger partial charge in [0.25, 0.3) is 6.43 Å². The van der Waals surface area contributed by atoms with Crippen molar-refractivity contribution >= 4 is 16.8 Å². The van der Waals surface area contributed by atoms with Gasteiger partial charge in [-0.25, -0.2) is 8.78 Å². The van der Waals surface area contributed by atoms with Crippen LogP contribution in [0.3, 0.4) is 0 Å². The highest BCUT2D eigenvalue weighted by Gasteiger charge is 2.59. The Hall–Kier alpha value is -1.89. The summed E-state index contributed by atoms with van der Waals surface area (Å²) in [6.45, 7) is 2.64. The molecule has 4 fully saturated rings. The maximum atomic E-state index is 13.6. The SMILES string of the molecule is C[C@]12CC[C@@H]3C4CC[C@](O)(C(F)F)C[C@H]4CC[C@H]3[C@@H]1CC[C@@H]2C(=O)Cn1ncc2ncccc21. The van der Waals surface area contributed by atoms with Crippen LogP contribution in [0.5, 0.6) is 0 Å². The Bertz CT molecular complexity index is 1090. The van der Waals surface area contributed by atoms with E-state index in [4.69, 9.17) is 0 Å². The Kier molecular flexibility index (Phi) is 5.36. The van der Waals surface area contributed by atoms with E-state index in [0.29, 0.717) is 30.2 Å². The maximum Gasteiger partial charge on any atom is 0.266 e. The number of hydrogen-bond donors (Lipinski definition) is 1. The lowest BCUT2D eigenvalue weighted by Gasteiger charge is -2.57. The number of aliphatic hydroxyl groups is 1. The predicted octanol–water partition coefficient (Wildman–Crippen LogP) is 5.27. The number of fused-ring (bicyclic) bond motifs is 6. The molecule has 184 valence electrons. The van der Waals surface area contributed by atoms with Crippen LogP contribution in [0.2, 0.25) is 0 Å². The summed E-state index contributed by atoms with van der Waals surface area (Å²) in [5.41, 5.74) is -0.0493. The van der Waals surface area contributed by atoms with Gasteiger partial charge in [0.05, 0.1) is 11.7 Å². The highest BCUT2D eigenvalue weighted by molar-refractivity contribution is 5.84. The fourth-order valence-corrected chi connectivity index (χ4v) is 8.93. The molecule has 4 aliphatic carbocycles. The van der Waals surface area contributed by atoms with Gasteiger partial charge in [-0.2, -0.15) is 5.10 Å².